The number of likely N-dealkylation sites (tertiary alicyclic amines) is 1. The molecule has 0 saturated carbocycles. The van der Waals surface area contributed by atoms with Gasteiger partial charge < -0.3 is 14.7 Å². The number of carbonyl (C=O) groups is 2. The minimum absolute atomic E-state index is 0.0130. The molecule has 31 heavy (non-hydrogen) atoms. The van der Waals surface area contributed by atoms with Gasteiger partial charge in [0.2, 0.25) is 0 Å². The van der Waals surface area contributed by atoms with Crippen LogP contribution in [0.5, 0.6) is 5.75 Å². The third-order valence-electron chi connectivity index (χ3n) is 5.05. The number of ether oxygens (including phenoxy) is 1. The number of pyridine rings is 2. The van der Waals surface area contributed by atoms with Crippen molar-refractivity contribution in [3.63, 3.8) is 0 Å². The number of carbonyl (C=O) groups excluding carboxylic acids is 2. The molecule has 0 bridgehead atoms. The highest BCUT2D eigenvalue weighted by molar-refractivity contribution is 6.46. The second kappa shape index (κ2) is 8.35. The summed E-state index contributed by atoms with van der Waals surface area (Å²) in [6.07, 6.45) is 6.26. The number of hydrogen-bond acceptors (Lipinski definition) is 6. The standard InChI is InChI=1S/C23H18FN3O4/c1-31-18-5-4-16(24)11-17(18)21(28)19-20(15-6-9-25-10-7-15)27(23(30)22(19)29)13-14-3-2-8-26-12-14/h2-12,20,28H,13H2,1H3/b21-19+. The largest absolute Gasteiger partial charge is 0.507 e. The van der Waals surface area contributed by atoms with Crippen LogP contribution in [0.3, 0.4) is 0 Å². The van der Waals surface area contributed by atoms with Gasteiger partial charge in [0.05, 0.1) is 24.3 Å². The molecule has 0 spiro atoms. The molecule has 1 unspecified atom stereocenters. The van der Waals surface area contributed by atoms with Crippen LogP contribution in [-0.2, 0) is 16.1 Å². The van der Waals surface area contributed by atoms with Crippen LogP contribution in [0, 0.1) is 5.82 Å². The Morgan fingerprint density at radius 1 is 1.13 bits per heavy atom. The Morgan fingerprint density at radius 3 is 2.58 bits per heavy atom. The van der Waals surface area contributed by atoms with Crippen molar-refractivity contribution in [3.05, 3.63) is 95.3 Å². The van der Waals surface area contributed by atoms with E-state index >= 15 is 0 Å². The van der Waals surface area contributed by atoms with E-state index < -0.39 is 29.3 Å². The molecule has 156 valence electrons. The summed E-state index contributed by atoms with van der Waals surface area (Å²) in [7, 11) is 1.37. The molecular formula is C23H18FN3O4. The second-order valence-electron chi connectivity index (χ2n) is 6.91. The smallest absolute Gasteiger partial charge is 0.295 e. The number of aliphatic hydroxyl groups excluding tert-OH is 1. The molecule has 1 aliphatic rings. The first-order valence-corrected chi connectivity index (χ1v) is 9.42. The molecule has 1 aliphatic heterocycles. The van der Waals surface area contributed by atoms with E-state index in [1.54, 1.807) is 36.7 Å². The van der Waals surface area contributed by atoms with Crippen LogP contribution in [-0.4, -0.2) is 38.8 Å². The van der Waals surface area contributed by atoms with Crippen molar-refractivity contribution in [3.8, 4) is 5.75 Å². The molecule has 1 aromatic carbocycles. The number of Topliss-reactive ketones (excluding diaryl/α,β-unsaturated/α-hetero) is 1. The van der Waals surface area contributed by atoms with Crippen molar-refractivity contribution in [1.29, 1.82) is 0 Å². The molecule has 1 amide bonds. The number of benzene rings is 1. The van der Waals surface area contributed by atoms with Gasteiger partial charge in [-0.3, -0.25) is 19.6 Å². The number of nitrogens with zero attached hydrogens (tertiary/aromatic N) is 3. The highest BCUT2D eigenvalue weighted by Gasteiger charge is 2.46. The fraction of sp³-hybridized carbons (Fsp3) is 0.130. The van der Waals surface area contributed by atoms with E-state index in [2.05, 4.69) is 9.97 Å². The van der Waals surface area contributed by atoms with E-state index in [1.165, 1.54) is 36.5 Å². The number of aromatic nitrogens is 2. The van der Waals surface area contributed by atoms with E-state index in [-0.39, 0.29) is 23.4 Å². The van der Waals surface area contributed by atoms with Crippen molar-refractivity contribution >= 4 is 17.4 Å². The molecule has 2 aromatic heterocycles. The van der Waals surface area contributed by atoms with E-state index in [0.29, 0.717) is 11.1 Å². The van der Waals surface area contributed by atoms with Crippen LogP contribution >= 0.6 is 0 Å². The van der Waals surface area contributed by atoms with Crippen LogP contribution in [0.15, 0.2) is 72.8 Å². The zero-order valence-corrected chi connectivity index (χ0v) is 16.5. The highest BCUT2D eigenvalue weighted by Crippen LogP contribution is 2.41. The predicted molar refractivity (Wildman–Crippen MR) is 109 cm³/mol. The molecule has 1 N–H and O–H groups in total. The Labute approximate surface area is 177 Å². The number of amides is 1. The molecule has 1 atom stereocenters. The first-order chi connectivity index (χ1) is 15.0. The van der Waals surface area contributed by atoms with Crippen molar-refractivity contribution in [1.82, 2.24) is 14.9 Å². The topological polar surface area (TPSA) is 92.6 Å². The van der Waals surface area contributed by atoms with Gasteiger partial charge in [0.1, 0.15) is 17.3 Å². The lowest BCUT2D eigenvalue weighted by Crippen LogP contribution is -2.29. The van der Waals surface area contributed by atoms with Gasteiger partial charge in [-0.2, -0.15) is 0 Å². The van der Waals surface area contributed by atoms with Gasteiger partial charge in [-0.15, -0.1) is 0 Å². The number of hydrogen-bond donors (Lipinski definition) is 1. The van der Waals surface area contributed by atoms with Gasteiger partial charge in [0.15, 0.2) is 0 Å². The molecule has 8 heteroatoms. The van der Waals surface area contributed by atoms with E-state index in [0.717, 1.165) is 6.07 Å². The molecule has 3 aromatic rings. The summed E-state index contributed by atoms with van der Waals surface area (Å²) in [5.74, 6) is -2.60. The third-order valence-corrected chi connectivity index (χ3v) is 5.05. The predicted octanol–water partition coefficient (Wildman–Crippen LogP) is 3.25. The summed E-state index contributed by atoms with van der Waals surface area (Å²) in [6, 6.07) is 9.51. The number of methoxy groups -OCH3 is 1. The summed E-state index contributed by atoms with van der Waals surface area (Å²) in [5.41, 5.74) is 1.13. The lowest BCUT2D eigenvalue weighted by Gasteiger charge is -2.25. The summed E-state index contributed by atoms with van der Waals surface area (Å²) < 4.78 is 19.1. The van der Waals surface area contributed by atoms with Crippen molar-refractivity contribution in [2.75, 3.05) is 7.11 Å². The van der Waals surface area contributed by atoms with Crippen molar-refractivity contribution in [2.24, 2.45) is 0 Å². The average molecular weight is 419 g/mol. The number of rotatable bonds is 5. The fourth-order valence-electron chi connectivity index (χ4n) is 3.63. The maximum Gasteiger partial charge on any atom is 0.295 e. The van der Waals surface area contributed by atoms with Crippen LogP contribution < -0.4 is 4.74 Å². The molecule has 0 aliphatic carbocycles. The van der Waals surface area contributed by atoms with Gasteiger partial charge >= 0.3 is 0 Å². The van der Waals surface area contributed by atoms with Gasteiger partial charge in [-0.1, -0.05) is 6.07 Å². The summed E-state index contributed by atoms with van der Waals surface area (Å²) in [5, 5.41) is 11.1. The first-order valence-electron chi connectivity index (χ1n) is 9.42. The fourth-order valence-corrected chi connectivity index (χ4v) is 3.63. The van der Waals surface area contributed by atoms with Crippen molar-refractivity contribution in [2.45, 2.75) is 12.6 Å². The normalized spacial score (nSPS) is 17.7. The van der Waals surface area contributed by atoms with Gasteiger partial charge in [-0.25, -0.2) is 4.39 Å². The molecule has 4 rings (SSSR count). The quantitative estimate of drug-likeness (QED) is 0.388. The Morgan fingerprint density at radius 2 is 1.90 bits per heavy atom. The number of halogens is 1. The minimum Gasteiger partial charge on any atom is -0.507 e. The number of aliphatic hydroxyl groups is 1. The van der Waals surface area contributed by atoms with Gasteiger partial charge in [-0.05, 0) is 47.5 Å². The molecule has 1 fully saturated rings. The Balaban J connectivity index is 1.90. The second-order valence-corrected chi connectivity index (χ2v) is 6.91. The lowest BCUT2D eigenvalue weighted by molar-refractivity contribution is -0.140. The SMILES string of the molecule is COc1ccc(F)cc1/C(O)=C1\C(=O)C(=O)N(Cc2cccnc2)C1c1ccncc1. The highest BCUT2D eigenvalue weighted by atomic mass is 19.1. The van der Waals surface area contributed by atoms with E-state index in [9.17, 15) is 19.1 Å². The maximum atomic E-state index is 13.9. The van der Waals surface area contributed by atoms with Gasteiger partial charge in [0, 0.05) is 31.3 Å². The maximum absolute atomic E-state index is 13.9. The van der Waals surface area contributed by atoms with Crippen molar-refractivity contribution < 1.29 is 23.8 Å². The molecule has 7 nitrogen and oxygen atoms in total. The van der Waals surface area contributed by atoms with Crippen LogP contribution in [0.25, 0.3) is 5.76 Å². The molecular weight excluding hydrogens is 401 g/mol. The minimum atomic E-state index is -0.892. The molecule has 1 saturated heterocycles. The first kappa shape index (κ1) is 20.2. The summed E-state index contributed by atoms with van der Waals surface area (Å²) >= 11 is 0. The third kappa shape index (κ3) is 3.75. The summed E-state index contributed by atoms with van der Waals surface area (Å²) in [6.45, 7) is 0.0997. The monoisotopic (exact) mass is 419 g/mol. The Kier molecular flexibility index (Phi) is 5.44. The van der Waals surface area contributed by atoms with Crippen LogP contribution in [0.1, 0.15) is 22.7 Å². The number of ketones is 1. The Bertz CT molecular complexity index is 1170. The van der Waals surface area contributed by atoms with Gasteiger partial charge in [0.25, 0.3) is 11.7 Å². The Hall–Kier alpha value is -4.07. The zero-order chi connectivity index (χ0) is 22.0. The lowest BCUT2D eigenvalue weighted by atomic mass is 9.95. The van der Waals surface area contributed by atoms with E-state index in [4.69, 9.17) is 4.74 Å². The van der Waals surface area contributed by atoms with E-state index in [1.807, 2.05) is 0 Å². The molecule has 0 radical (unpaired) electrons. The summed E-state index contributed by atoms with van der Waals surface area (Å²) in [4.78, 5) is 35.4. The van der Waals surface area contributed by atoms with Crippen LogP contribution in [0.4, 0.5) is 4.39 Å². The van der Waals surface area contributed by atoms with Crippen LogP contribution in [0.2, 0.25) is 0 Å². The molecule has 3 heterocycles. The zero-order valence-electron chi connectivity index (χ0n) is 16.5. The average Bonchev–Trinajstić information content (AvgIpc) is 3.04.